The van der Waals surface area contributed by atoms with Gasteiger partial charge in [0.1, 0.15) is 0 Å². The molecule has 0 fully saturated rings. The second-order valence-corrected chi connectivity index (χ2v) is 2.59. The number of aromatic nitrogens is 1. The van der Waals surface area contributed by atoms with Crippen molar-refractivity contribution in [2.75, 3.05) is 14.2 Å². The fourth-order valence-electron chi connectivity index (χ4n) is 1.02. The van der Waals surface area contributed by atoms with Crippen LogP contribution >= 0.6 is 0 Å². The van der Waals surface area contributed by atoms with Gasteiger partial charge in [0.25, 0.3) is 5.56 Å². The van der Waals surface area contributed by atoms with E-state index in [0.717, 1.165) is 0 Å². The van der Waals surface area contributed by atoms with Crippen molar-refractivity contribution in [2.45, 2.75) is 12.8 Å². The first-order valence-electron chi connectivity index (χ1n) is 3.99. The summed E-state index contributed by atoms with van der Waals surface area (Å²) < 4.78 is 11.5. The van der Waals surface area contributed by atoms with Gasteiger partial charge in [-0.1, -0.05) is 6.07 Å². The van der Waals surface area contributed by atoms with Crippen LogP contribution in [0.4, 0.5) is 0 Å². The van der Waals surface area contributed by atoms with Gasteiger partial charge in [0.15, 0.2) is 6.29 Å². The Morgan fingerprint density at radius 1 is 1.38 bits per heavy atom. The maximum atomic E-state index is 11.2. The molecule has 0 bridgehead atoms. The predicted molar refractivity (Wildman–Crippen MR) is 48.5 cm³/mol. The summed E-state index contributed by atoms with van der Waals surface area (Å²) >= 11 is 0. The topological polar surface area (TPSA) is 40.5 Å². The molecule has 0 aliphatic carbocycles. The average Bonchev–Trinajstić information content (AvgIpc) is 2.17. The SMILES string of the molecule is COC(Cn1ccccc1=O)OC. The second kappa shape index (κ2) is 4.79. The van der Waals surface area contributed by atoms with Crippen LogP contribution in [0.2, 0.25) is 0 Å². The molecule has 0 N–H and O–H groups in total. The van der Waals surface area contributed by atoms with Crippen LogP contribution < -0.4 is 5.56 Å². The van der Waals surface area contributed by atoms with Gasteiger partial charge in [0.2, 0.25) is 0 Å². The van der Waals surface area contributed by atoms with E-state index in [0.29, 0.717) is 6.54 Å². The highest BCUT2D eigenvalue weighted by Gasteiger charge is 2.05. The third-order valence-electron chi connectivity index (χ3n) is 1.77. The molecule has 1 rings (SSSR count). The molecule has 1 aromatic heterocycles. The molecule has 0 unspecified atom stereocenters. The monoisotopic (exact) mass is 183 g/mol. The molecule has 4 nitrogen and oxygen atoms in total. The summed E-state index contributed by atoms with van der Waals surface area (Å²) in [4.78, 5) is 11.2. The lowest BCUT2D eigenvalue weighted by molar-refractivity contribution is -0.111. The Labute approximate surface area is 76.7 Å². The number of rotatable bonds is 4. The zero-order valence-electron chi connectivity index (χ0n) is 7.77. The van der Waals surface area contributed by atoms with E-state index in [1.807, 2.05) is 0 Å². The van der Waals surface area contributed by atoms with Crippen molar-refractivity contribution in [1.82, 2.24) is 4.57 Å². The summed E-state index contributed by atoms with van der Waals surface area (Å²) in [5.41, 5.74) is -0.0541. The Bertz CT molecular complexity index is 304. The molecule has 0 saturated heterocycles. The normalized spacial score (nSPS) is 10.7. The van der Waals surface area contributed by atoms with Crippen molar-refractivity contribution in [3.05, 3.63) is 34.7 Å². The minimum absolute atomic E-state index is 0.0541. The van der Waals surface area contributed by atoms with E-state index in [4.69, 9.17) is 9.47 Å². The van der Waals surface area contributed by atoms with Crippen LogP contribution in [-0.2, 0) is 16.0 Å². The number of hydrogen-bond donors (Lipinski definition) is 0. The van der Waals surface area contributed by atoms with E-state index in [9.17, 15) is 4.79 Å². The molecule has 1 heterocycles. The van der Waals surface area contributed by atoms with Gasteiger partial charge in [-0.2, -0.15) is 0 Å². The van der Waals surface area contributed by atoms with Crippen molar-refractivity contribution in [2.24, 2.45) is 0 Å². The van der Waals surface area contributed by atoms with Crippen molar-refractivity contribution in [3.8, 4) is 0 Å². The lowest BCUT2D eigenvalue weighted by Crippen LogP contribution is -2.27. The van der Waals surface area contributed by atoms with Gasteiger partial charge in [-0.3, -0.25) is 4.79 Å². The molecular formula is C9H13NO3. The fourth-order valence-corrected chi connectivity index (χ4v) is 1.02. The second-order valence-electron chi connectivity index (χ2n) is 2.59. The first kappa shape index (κ1) is 9.95. The third kappa shape index (κ3) is 2.68. The Balaban J connectivity index is 2.73. The zero-order valence-corrected chi connectivity index (χ0v) is 7.77. The number of nitrogens with zero attached hydrogens (tertiary/aromatic N) is 1. The molecule has 72 valence electrons. The van der Waals surface area contributed by atoms with Gasteiger partial charge in [0, 0.05) is 26.5 Å². The van der Waals surface area contributed by atoms with Crippen LogP contribution in [0.3, 0.4) is 0 Å². The summed E-state index contributed by atoms with van der Waals surface area (Å²) in [6.45, 7) is 0.409. The maximum Gasteiger partial charge on any atom is 0.250 e. The molecule has 0 aromatic carbocycles. The Hall–Kier alpha value is -1.13. The summed E-state index contributed by atoms with van der Waals surface area (Å²) in [5.74, 6) is 0. The largest absolute Gasteiger partial charge is 0.354 e. The van der Waals surface area contributed by atoms with Gasteiger partial charge in [-0.25, -0.2) is 0 Å². The number of pyridine rings is 1. The molecule has 0 radical (unpaired) electrons. The predicted octanol–water partition coefficient (Wildman–Crippen LogP) is 0.467. The summed E-state index contributed by atoms with van der Waals surface area (Å²) in [6.07, 6.45) is 1.33. The Kier molecular flexibility index (Phi) is 3.67. The minimum atomic E-state index is -0.375. The molecule has 13 heavy (non-hydrogen) atoms. The quantitative estimate of drug-likeness (QED) is 0.637. The molecule has 0 aliphatic heterocycles. The van der Waals surface area contributed by atoms with E-state index in [1.54, 1.807) is 32.5 Å². The van der Waals surface area contributed by atoms with E-state index in [1.165, 1.54) is 10.6 Å². The van der Waals surface area contributed by atoms with Gasteiger partial charge < -0.3 is 14.0 Å². The molecule has 1 aromatic rings. The highest BCUT2D eigenvalue weighted by atomic mass is 16.7. The first-order valence-corrected chi connectivity index (χ1v) is 3.99. The summed E-state index contributed by atoms with van der Waals surface area (Å²) in [6, 6.07) is 5.00. The zero-order chi connectivity index (χ0) is 9.68. The molecule has 0 atom stereocenters. The molecule has 0 aliphatic rings. The fraction of sp³-hybridized carbons (Fsp3) is 0.444. The number of hydrogen-bond acceptors (Lipinski definition) is 3. The summed E-state index contributed by atoms with van der Waals surface area (Å²) in [5, 5.41) is 0. The molecule has 0 saturated carbocycles. The van der Waals surface area contributed by atoms with Crippen molar-refractivity contribution < 1.29 is 9.47 Å². The first-order chi connectivity index (χ1) is 6.27. The van der Waals surface area contributed by atoms with Crippen LogP contribution in [0.25, 0.3) is 0 Å². The van der Waals surface area contributed by atoms with Crippen molar-refractivity contribution in [1.29, 1.82) is 0 Å². The van der Waals surface area contributed by atoms with Gasteiger partial charge in [0.05, 0.1) is 6.54 Å². The van der Waals surface area contributed by atoms with E-state index < -0.39 is 0 Å². The average molecular weight is 183 g/mol. The van der Waals surface area contributed by atoms with Gasteiger partial charge >= 0.3 is 0 Å². The molecule has 0 amide bonds. The van der Waals surface area contributed by atoms with E-state index in [-0.39, 0.29) is 11.8 Å². The molecular weight excluding hydrogens is 170 g/mol. The van der Waals surface area contributed by atoms with Crippen LogP contribution in [0.1, 0.15) is 0 Å². The molecule has 4 heteroatoms. The van der Waals surface area contributed by atoms with Crippen LogP contribution in [0.15, 0.2) is 29.2 Å². The Morgan fingerprint density at radius 3 is 2.62 bits per heavy atom. The lowest BCUT2D eigenvalue weighted by Gasteiger charge is -2.14. The molecule has 0 spiro atoms. The van der Waals surface area contributed by atoms with Crippen molar-refractivity contribution >= 4 is 0 Å². The van der Waals surface area contributed by atoms with Gasteiger partial charge in [-0.15, -0.1) is 0 Å². The standard InChI is InChI=1S/C9H13NO3/c1-12-9(13-2)7-10-6-4-3-5-8(10)11/h3-6,9H,7H2,1-2H3. The number of methoxy groups -OCH3 is 2. The van der Waals surface area contributed by atoms with E-state index in [2.05, 4.69) is 0 Å². The Morgan fingerprint density at radius 2 is 2.08 bits per heavy atom. The smallest absolute Gasteiger partial charge is 0.250 e. The van der Waals surface area contributed by atoms with Crippen LogP contribution in [0.5, 0.6) is 0 Å². The van der Waals surface area contributed by atoms with Crippen molar-refractivity contribution in [3.63, 3.8) is 0 Å². The maximum absolute atomic E-state index is 11.2. The van der Waals surface area contributed by atoms with Crippen LogP contribution in [-0.4, -0.2) is 25.1 Å². The van der Waals surface area contributed by atoms with Crippen LogP contribution in [0, 0.1) is 0 Å². The van der Waals surface area contributed by atoms with E-state index >= 15 is 0 Å². The lowest BCUT2D eigenvalue weighted by atomic mass is 10.4. The van der Waals surface area contributed by atoms with Gasteiger partial charge in [-0.05, 0) is 6.07 Å². The minimum Gasteiger partial charge on any atom is -0.354 e. The highest BCUT2D eigenvalue weighted by molar-refractivity contribution is 4.93. The number of ether oxygens (including phenoxy) is 2. The summed E-state index contributed by atoms with van der Waals surface area (Å²) in [7, 11) is 3.09. The highest BCUT2D eigenvalue weighted by Crippen LogP contribution is 1.94. The third-order valence-corrected chi connectivity index (χ3v) is 1.77.